The normalized spacial score (nSPS) is 21.8. The third-order valence-corrected chi connectivity index (χ3v) is 1.58. The summed E-state index contributed by atoms with van der Waals surface area (Å²) in [6.45, 7) is 3.88. The lowest BCUT2D eigenvalue weighted by molar-refractivity contribution is 1.67. The van der Waals surface area contributed by atoms with E-state index in [1.165, 1.54) is 16.7 Å². The third kappa shape index (κ3) is 0.270. The molecule has 0 saturated carbocycles. The van der Waals surface area contributed by atoms with E-state index in [-0.39, 0.29) is 0 Å². The Bertz CT molecular complexity index is 213. The van der Waals surface area contributed by atoms with E-state index in [1.54, 1.807) is 0 Å². The van der Waals surface area contributed by atoms with Crippen molar-refractivity contribution in [3.8, 4) is 0 Å². The Morgan fingerprint density at radius 1 is 1.00 bits per heavy atom. The van der Waals surface area contributed by atoms with E-state index in [0.717, 1.165) is 0 Å². The molecule has 0 atom stereocenters. The Morgan fingerprint density at radius 3 is 1.62 bits per heavy atom. The maximum absolute atomic E-state index is 3.88. The molecule has 0 heteroatoms. The summed E-state index contributed by atoms with van der Waals surface area (Å²) in [5.41, 5.74) is 3.74. The van der Waals surface area contributed by atoms with Gasteiger partial charge < -0.3 is 0 Å². The molecular formula is C8H6. The highest BCUT2D eigenvalue weighted by atomic mass is 14.2. The molecule has 2 rings (SSSR count). The predicted octanol–water partition coefficient (Wildman–Crippen LogP) is 1.98. The molecule has 0 aromatic carbocycles. The van der Waals surface area contributed by atoms with E-state index in [2.05, 4.69) is 30.9 Å². The fraction of sp³-hybridized carbons (Fsp3) is 0. The van der Waals surface area contributed by atoms with Gasteiger partial charge in [-0.2, -0.15) is 0 Å². The van der Waals surface area contributed by atoms with E-state index >= 15 is 0 Å². The molecule has 8 heavy (non-hydrogen) atoms. The summed E-state index contributed by atoms with van der Waals surface area (Å²) >= 11 is 0. The lowest BCUT2D eigenvalue weighted by atomic mass is 10.2. The molecule has 0 N–H and O–H groups in total. The van der Waals surface area contributed by atoms with Gasteiger partial charge in [-0.05, 0) is 16.7 Å². The van der Waals surface area contributed by atoms with Crippen molar-refractivity contribution >= 4 is 0 Å². The summed E-state index contributed by atoms with van der Waals surface area (Å²) in [7, 11) is 0. The van der Waals surface area contributed by atoms with Crippen molar-refractivity contribution in [1.29, 1.82) is 0 Å². The maximum Gasteiger partial charge on any atom is -0.0183 e. The average Bonchev–Trinajstić information content (AvgIpc) is 2.29. The van der Waals surface area contributed by atoms with Crippen LogP contribution in [-0.4, -0.2) is 0 Å². The zero-order valence-corrected chi connectivity index (χ0v) is 4.52. The van der Waals surface area contributed by atoms with Gasteiger partial charge in [0.05, 0.1) is 0 Å². The maximum atomic E-state index is 3.88. The van der Waals surface area contributed by atoms with Crippen molar-refractivity contribution in [2.75, 3.05) is 0 Å². The third-order valence-electron chi connectivity index (χ3n) is 1.58. The molecule has 0 aliphatic heterocycles. The Hall–Kier alpha value is -1.04. The van der Waals surface area contributed by atoms with Crippen LogP contribution in [0.2, 0.25) is 0 Å². The molecule has 2 aliphatic rings. The van der Waals surface area contributed by atoms with Crippen LogP contribution in [-0.2, 0) is 0 Å². The SMILES string of the molecule is C=C1C2=CC=C1C=C2. The van der Waals surface area contributed by atoms with Crippen LogP contribution < -0.4 is 0 Å². The lowest BCUT2D eigenvalue weighted by Gasteiger charge is -1.87. The molecular weight excluding hydrogens is 96.1 g/mol. The summed E-state index contributed by atoms with van der Waals surface area (Å²) in [6, 6.07) is 0. The largest absolute Gasteiger partial charge is 0.0906 e. The molecule has 0 radical (unpaired) electrons. The summed E-state index contributed by atoms with van der Waals surface area (Å²) in [6.07, 6.45) is 8.38. The van der Waals surface area contributed by atoms with Crippen molar-refractivity contribution in [3.63, 3.8) is 0 Å². The smallest absolute Gasteiger partial charge is 0.0183 e. The summed E-state index contributed by atoms with van der Waals surface area (Å²) in [5, 5.41) is 0. The van der Waals surface area contributed by atoms with Crippen molar-refractivity contribution < 1.29 is 0 Å². The predicted molar refractivity (Wildman–Crippen MR) is 34.4 cm³/mol. The molecule has 0 spiro atoms. The minimum absolute atomic E-state index is 1.19. The molecule has 0 saturated heterocycles. The second-order valence-corrected chi connectivity index (χ2v) is 2.06. The van der Waals surface area contributed by atoms with Crippen molar-refractivity contribution in [1.82, 2.24) is 0 Å². The van der Waals surface area contributed by atoms with Gasteiger partial charge in [0.1, 0.15) is 0 Å². The van der Waals surface area contributed by atoms with E-state index in [1.807, 2.05) is 0 Å². The Morgan fingerprint density at radius 2 is 1.50 bits per heavy atom. The Balaban J connectivity index is 2.73. The highest BCUT2D eigenvalue weighted by Crippen LogP contribution is 2.32. The van der Waals surface area contributed by atoms with Crippen LogP contribution in [0.4, 0.5) is 0 Å². The van der Waals surface area contributed by atoms with Gasteiger partial charge in [0.15, 0.2) is 0 Å². The fourth-order valence-electron chi connectivity index (χ4n) is 1.04. The minimum Gasteiger partial charge on any atom is -0.0906 e. The zero-order valence-electron chi connectivity index (χ0n) is 4.52. The van der Waals surface area contributed by atoms with Gasteiger partial charge in [-0.1, -0.05) is 30.9 Å². The number of fused-ring (bicyclic) bond motifs is 2. The molecule has 0 amide bonds. The topological polar surface area (TPSA) is 0 Å². The number of allylic oxidation sites excluding steroid dienone is 7. The van der Waals surface area contributed by atoms with Crippen LogP contribution in [0.1, 0.15) is 0 Å². The van der Waals surface area contributed by atoms with Crippen LogP contribution in [0.3, 0.4) is 0 Å². The first-order valence-electron chi connectivity index (χ1n) is 2.67. The van der Waals surface area contributed by atoms with Crippen LogP contribution in [0.5, 0.6) is 0 Å². The second-order valence-electron chi connectivity index (χ2n) is 2.06. The van der Waals surface area contributed by atoms with Crippen LogP contribution >= 0.6 is 0 Å². The van der Waals surface area contributed by atoms with E-state index < -0.39 is 0 Å². The van der Waals surface area contributed by atoms with Gasteiger partial charge in [0, 0.05) is 0 Å². The quantitative estimate of drug-likeness (QED) is 0.438. The molecule has 0 aromatic heterocycles. The molecule has 2 aliphatic carbocycles. The van der Waals surface area contributed by atoms with Crippen molar-refractivity contribution in [3.05, 3.63) is 47.6 Å². The van der Waals surface area contributed by atoms with E-state index in [0.29, 0.717) is 0 Å². The molecule has 0 heterocycles. The van der Waals surface area contributed by atoms with Crippen LogP contribution in [0.25, 0.3) is 0 Å². The van der Waals surface area contributed by atoms with Crippen molar-refractivity contribution in [2.24, 2.45) is 0 Å². The standard InChI is InChI=1S/C8H6/c1-6-7-2-3-8(6)5-4-7/h2-5H,1H2. The van der Waals surface area contributed by atoms with Gasteiger partial charge in [-0.25, -0.2) is 0 Å². The molecule has 0 nitrogen and oxygen atoms in total. The molecule has 0 fully saturated rings. The monoisotopic (exact) mass is 102 g/mol. The number of hydrogen-bond donors (Lipinski definition) is 0. The van der Waals surface area contributed by atoms with Crippen LogP contribution in [0, 0.1) is 0 Å². The lowest BCUT2D eigenvalue weighted by Crippen LogP contribution is -1.69. The summed E-state index contributed by atoms with van der Waals surface area (Å²) < 4.78 is 0. The van der Waals surface area contributed by atoms with Gasteiger partial charge >= 0.3 is 0 Å². The van der Waals surface area contributed by atoms with Crippen molar-refractivity contribution in [2.45, 2.75) is 0 Å². The number of rotatable bonds is 0. The fourth-order valence-corrected chi connectivity index (χ4v) is 1.04. The van der Waals surface area contributed by atoms with E-state index in [4.69, 9.17) is 0 Å². The summed E-state index contributed by atoms with van der Waals surface area (Å²) in [5.74, 6) is 0. The molecule has 2 bridgehead atoms. The first-order valence-corrected chi connectivity index (χ1v) is 2.67. The molecule has 38 valence electrons. The average molecular weight is 102 g/mol. The van der Waals surface area contributed by atoms with Gasteiger partial charge in [0.2, 0.25) is 0 Å². The van der Waals surface area contributed by atoms with Gasteiger partial charge in [-0.15, -0.1) is 0 Å². The first-order chi connectivity index (χ1) is 3.88. The number of hydrogen-bond acceptors (Lipinski definition) is 0. The second kappa shape index (κ2) is 1.03. The highest BCUT2D eigenvalue weighted by Gasteiger charge is 2.13. The zero-order chi connectivity index (χ0) is 5.56. The first kappa shape index (κ1) is 3.90. The minimum atomic E-state index is 1.19. The van der Waals surface area contributed by atoms with E-state index in [9.17, 15) is 0 Å². The summed E-state index contributed by atoms with van der Waals surface area (Å²) in [4.78, 5) is 0. The Labute approximate surface area is 48.5 Å². The molecule has 0 unspecified atom stereocenters. The Kier molecular flexibility index (Phi) is 0.500. The van der Waals surface area contributed by atoms with Gasteiger partial charge in [-0.3, -0.25) is 0 Å². The highest BCUT2D eigenvalue weighted by molar-refractivity contribution is 5.68. The molecule has 0 aromatic rings. The van der Waals surface area contributed by atoms with Gasteiger partial charge in [0.25, 0.3) is 0 Å². The van der Waals surface area contributed by atoms with Crippen LogP contribution in [0.15, 0.2) is 47.6 Å².